The van der Waals surface area contributed by atoms with Gasteiger partial charge in [-0.2, -0.15) is 0 Å². The maximum Gasteiger partial charge on any atom is 0.270 e. The molecule has 4 aromatic carbocycles. The molecule has 0 aliphatic carbocycles. The smallest absolute Gasteiger partial charge is 0.270 e. The van der Waals surface area contributed by atoms with Crippen molar-refractivity contribution in [1.29, 1.82) is 0 Å². The molecular formula is C29H23NO4S2. The van der Waals surface area contributed by atoms with Crippen molar-refractivity contribution >= 4 is 56.7 Å². The first-order chi connectivity index (χ1) is 17.6. The van der Waals surface area contributed by atoms with E-state index in [0.29, 0.717) is 33.0 Å². The molecule has 1 saturated heterocycles. The summed E-state index contributed by atoms with van der Waals surface area (Å²) in [5.74, 6) is 1.78. The Hall–Kier alpha value is -3.81. The third-order valence-electron chi connectivity index (χ3n) is 5.87. The number of methoxy groups -OCH3 is 2. The number of carbonyl (C=O) groups is 1. The normalized spacial score (nSPS) is 14.5. The Morgan fingerprint density at radius 1 is 0.889 bits per heavy atom. The Kier molecular flexibility index (Phi) is 6.93. The highest BCUT2D eigenvalue weighted by Crippen LogP contribution is 2.38. The highest BCUT2D eigenvalue weighted by atomic mass is 32.2. The molecule has 1 amide bonds. The Bertz CT molecular complexity index is 1480. The van der Waals surface area contributed by atoms with Gasteiger partial charge in [0.25, 0.3) is 5.91 Å². The molecule has 0 unspecified atom stereocenters. The van der Waals surface area contributed by atoms with E-state index < -0.39 is 0 Å². The Morgan fingerprint density at radius 3 is 2.44 bits per heavy atom. The fourth-order valence-electron chi connectivity index (χ4n) is 4.04. The number of benzene rings is 4. The number of hydrogen-bond acceptors (Lipinski definition) is 6. The first kappa shape index (κ1) is 23.9. The van der Waals surface area contributed by atoms with Crippen LogP contribution in [0.5, 0.6) is 17.2 Å². The van der Waals surface area contributed by atoms with Gasteiger partial charge in [-0.25, -0.2) is 0 Å². The Morgan fingerprint density at radius 2 is 1.67 bits per heavy atom. The van der Waals surface area contributed by atoms with E-state index in [1.54, 1.807) is 26.4 Å². The SMILES string of the molecule is COc1ccc(N2C(=O)/C(=C\c3ccc(OCc4cccc5ccccc45)c(OC)c3)SC2=S)cc1. The van der Waals surface area contributed by atoms with Crippen molar-refractivity contribution in [2.24, 2.45) is 0 Å². The number of thioether (sulfide) groups is 1. The van der Waals surface area contributed by atoms with E-state index in [9.17, 15) is 4.79 Å². The quantitative estimate of drug-likeness (QED) is 0.199. The monoisotopic (exact) mass is 513 g/mol. The van der Waals surface area contributed by atoms with Gasteiger partial charge in [0.15, 0.2) is 15.8 Å². The van der Waals surface area contributed by atoms with E-state index >= 15 is 0 Å². The molecule has 7 heteroatoms. The molecule has 5 nitrogen and oxygen atoms in total. The summed E-state index contributed by atoms with van der Waals surface area (Å²) in [5.41, 5.74) is 2.62. The van der Waals surface area contributed by atoms with E-state index in [-0.39, 0.29) is 5.91 Å². The van der Waals surface area contributed by atoms with Gasteiger partial charge in [-0.1, -0.05) is 72.5 Å². The van der Waals surface area contributed by atoms with Crippen molar-refractivity contribution in [3.05, 3.63) is 101 Å². The van der Waals surface area contributed by atoms with Crippen LogP contribution >= 0.6 is 24.0 Å². The van der Waals surface area contributed by atoms with Gasteiger partial charge in [-0.05, 0) is 64.4 Å². The van der Waals surface area contributed by atoms with Crippen molar-refractivity contribution in [2.45, 2.75) is 6.61 Å². The molecule has 5 rings (SSSR count). The fraction of sp³-hybridized carbons (Fsp3) is 0.103. The molecule has 1 fully saturated rings. The van der Waals surface area contributed by atoms with Crippen LogP contribution in [0.15, 0.2) is 89.8 Å². The molecule has 0 bridgehead atoms. The lowest BCUT2D eigenvalue weighted by atomic mass is 10.1. The van der Waals surface area contributed by atoms with Crippen molar-refractivity contribution in [3.63, 3.8) is 0 Å². The minimum absolute atomic E-state index is 0.162. The molecule has 180 valence electrons. The molecule has 36 heavy (non-hydrogen) atoms. The predicted molar refractivity (Wildman–Crippen MR) is 150 cm³/mol. The molecular weight excluding hydrogens is 490 g/mol. The maximum atomic E-state index is 13.1. The number of ether oxygens (including phenoxy) is 3. The lowest BCUT2D eigenvalue weighted by Crippen LogP contribution is -2.27. The minimum atomic E-state index is -0.162. The zero-order valence-corrected chi connectivity index (χ0v) is 21.4. The summed E-state index contributed by atoms with van der Waals surface area (Å²) >= 11 is 6.76. The van der Waals surface area contributed by atoms with E-state index in [1.807, 2.05) is 54.6 Å². The van der Waals surface area contributed by atoms with Gasteiger partial charge in [-0.3, -0.25) is 9.69 Å². The number of fused-ring (bicyclic) bond motifs is 1. The summed E-state index contributed by atoms with van der Waals surface area (Å²) < 4.78 is 17.4. The van der Waals surface area contributed by atoms with Gasteiger partial charge in [0.2, 0.25) is 0 Å². The Labute approximate surface area is 219 Å². The van der Waals surface area contributed by atoms with E-state index in [0.717, 1.165) is 22.3 Å². The average Bonchev–Trinajstić information content (AvgIpc) is 3.19. The van der Waals surface area contributed by atoms with Gasteiger partial charge >= 0.3 is 0 Å². The second kappa shape index (κ2) is 10.4. The highest BCUT2D eigenvalue weighted by Gasteiger charge is 2.33. The van der Waals surface area contributed by atoms with Crippen LogP contribution in [0.25, 0.3) is 16.8 Å². The van der Waals surface area contributed by atoms with E-state index in [2.05, 4.69) is 24.3 Å². The molecule has 1 aliphatic heterocycles. The summed E-state index contributed by atoms with van der Waals surface area (Å²) in [4.78, 5) is 15.2. The van der Waals surface area contributed by atoms with Crippen LogP contribution in [-0.4, -0.2) is 24.4 Å². The zero-order valence-electron chi connectivity index (χ0n) is 19.8. The third kappa shape index (κ3) is 4.80. The van der Waals surface area contributed by atoms with Crippen molar-refractivity contribution in [2.75, 3.05) is 19.1 Å². The molecule has 0 saturated carbocycles. The molecule has 4 aromatic rings. The fourth-order valence-corrected chi connectivity index (χ4v) is 5.34. The van der Waals surface area contributed by atoms with Gasteiger partial charge in [0, 0.05) is 0 Å². The van der Waals surface area contributed by atoms with Crippen LogP contribution in [-0.2, 0) is 11.4 Å². The van der Waals surface area contributed by atoms with E-state index in [4.69, 9.17) is 26.4 Å². The molecule has 0 spiro atoms. The number of hydrogen-bond donors (Lipinski definition) is 0. The molecule has 0 N–H and O–H groups in total. The van der Waals surface area contributed by atoms with Crippen LogP contribution in [0.3, 0.4) is 0 Å². The van der Waals surface area contributed by atoms with Gasteiger partial charge < -0.3 is 14.2 Å². The molecule has 0 atom stereocenters. The van der Waals surface area contributed by atoms with Gasteiger partial charge in [-0.15, -0.1) is 0 Å². The average molecular weight is 514 g/mol. The number of anilines is 1. The molecule has 1 heterocycles. The van der Waals surface area contributed by atoms with Crippen LogP contribution in [0.4, 0.5) is 5.69 Å². The lowest BCUT2D eigenvalue weighted by Gasteiger charge is -2.14. The summed E-state index contributed by atoms with van der Waals surface area (Å²) in [6.07, 6.45) is 1.82. The number of carbonyl (C=O) groups excluding carboxylic acids is 1. The second-order valence-electron chi connectivity index (χ2n) is 8.05. The van der Waals surface area contributed by atoms with Gasteiger partial charge in [0.05, 0.1) is 24.8 Å². The third-order valence-corrected chi connectivity index (χ3v) is 7.18. The predicted octanol–water partition coefficient (Wildman–Crippen LogP) is 6.84. The summed E-state index contributed by atoms with van der Waals surface area (Å²) in [7, 11) is 3.21. The first-order valence-corrected chi connectivity index (χ1v) is 12.5. The maximum absolute atomic E-state index is 13.1. The summed E-state index contributed by atoms with van der Waals surface area (Å²) in [6, 6.07) is 27.3. The lowest BCUT2D eigenvalue weighted by molar-refractivity contribution is -0.113. The topological polar surface area (TPSA) is 48.0 Å². The zero-order chi connectivity index (χ0) is 25.1. The second-order valence-corrected chi connectivity index (χ2v) is 9.73. The summed E-state index contributed by atoms with van der Waals surface area (Å²) in [5, 5.41) is 2.34. The van der Waals surface area contributed by atoms with Crippen LogP contribution in [0.2, 0.25) is 0 Å². The largest absolute Gasteiger partial charge is 0.497 e. The van der Waals surface area contributed by atoms with Crippen molar-refractivity contribution < 1.29 is 19.0 Å². The molecule has 1 aliphatic rings. The number of rotatable bonds is 7. The van der Waals surface area contributed by atoms with Crippen molar-refractivity contribution in [3.8, 4) is 17.2 Å². The highest BCUT2D eigenvalue weighted by molar-refractivity contribution is 8.27. The summed E-state index contributed by atoms with van der Waals surface area (Å²) in [6.45, 7) is 0.414. The number of amides is 1. The van der Waals surface area contributed by atoms with Gasteiger partial charge in [0.1, 0.15) is 12.4 Å². The minimum Gasteiger partial charge on any atom is -0.497 e. The van der Waals surface area contributed by atoms with Crippen LogP contribution < -0.4 is 19.1 Å². The Balaban J connectivity index is 1.35. The van der Waals surface area contributed by atoms with Crippen LogP contribution in [0, 0.1) is 0 Å². The molecule has 0 aromatic heterocycles. The van der Waals surface area contributed by atoms with Crippen molar-refractivity contribution in [1.82, 2.24) is 0 Å². The van der Waals surface area contributed by atoms with Crippen LogP contribution in [0.1, 0.15) is 11.1 Å². The number of nitrogens with zero attached hydrogens (tertiary/aromatic N) is 1. The number of thiocarbonyl (C=S) groups is 1. The van der Waals surface area contributed by atoms with E-state index in [1.165, 1.54) is 22.0 Å². The molecule has 0 radical (unpaired) electrons. The first-order valence-electron chi connectivity index (χ1n) is 11.3. The standard InChI is InChI=1S/C29H23NO4S2/c1-32-23-13-11-22(12-14-23)30-28(31)27(36-29(30)35)17-19-10-15-25(26(16-19)33-2)34-18-21-8-5-7-20-6-3-4-9-24(20)21/h3-17H,18H2,1-2H3/b27-17+.